The quantitative estimate of drug-likeness (QED) is 0.455. The molecule has 0 bridgehead atoms. The summed E-state index contributed by atoms with van der Waals surface area (Å²) in [6.45, 7) is 2.69. The van der Waals surface area contributed by atoms with E-state index >= 15 is 0 Å². The van der Waals surface area contributed by atoms with Gasteiger partial charge in [-0.2, -0.15) is 0 Å². The van der Waals surface area contributed by atoms with Gasteiger partial charge in [0.15, 0.2) is 0 Å². The zero-order valence-electron chi connectivity index (χ0n) is 7.46. The van der Waals surface area contributed by atoms with Crippen LogP contribution in [-0.4, -0.2) is 37.6 Å². The number of amides is 1. The van der Waals surface area contributed by atoms with E-state index in [0.29, 0.717) is 6.54 Å². The Morgan fingerprint density at radius 1 is 1.67 bits per heavy atom. The van der Waals surface area contributed by atoms with Gasteiger partial charge in [-0.3, -0.25) is 10.1 Å². The predicted octanol–water partition coefficient (Wildman–Crippen LogP) is -0.975. The van der Waals surface area contributed by atoms with Gasteiger partial charge in [-0.05, 0) is 6.42 Å². The normalized spacial score (nSPS) is 12.6. The largest absolute Gasteiger partial charge is 0.356 e. The summed E-state index contributed by atoms with van der Waals surface area (Å²) in [5.41, 5.74) is 0. The van der Waals surface area contributed by atoms with Gasteiger partial charge in [0.2, 0.25) is 12.3 Å². The van der Waals surface area contributed by atoms with E-state index in [2.05, 4.69) is 15.4 Å². The van der Waals surface area contributed by atoms with E-state index in [1.54, 1.807) is 0 Å². The second kappa shape index (κ2) is 7.02. The van der Waals surface area contributed by atoms with Crippen molar-refractivity contribution in [3.63, 3.8) is 0 Å². The molecule has 0 aliphatic rings. The summed E-state index contributed by atoms with van der Waals surface area (Å²) in [5, 5.41) is 13.9. The minimum Gasteiger partial charge on any atom is -0.356 e. The van der Waals surface area contributed by atoms with Crippen molar-refractivity contribution in [3.05, 3.63) is 0 Å². The highest BCUT2D eigenvalue weighted by Crippen LogP contribution is 1.75. The Balaban J connectivity index is 3.31. The first-order valence-electron chi connectivity index (χ1n) is 3.91. The number of aliphatic hydroxyl groups is 1. The summed E-state index contributed by atoms with van der Waals surface area (Å²) in [6, 6.07) is 0. The Labute approximate surface area is 72.1 Å². The highest BCUT2D eigenvalue weighted by atomic mass is 16.6. The number of methoxy groups -OCH3 is 1. The van der Waals surface area contributed by atoms with Gasteiger partial charge in [-0.1, -0.05) is 6.92 Å². The number of carbonyl (C=O) groups excluding carboxylic acids is 1. The van der Waals surface area contributed by atoms with Crippen molar-refractivity contribution < 1.29 is 14.6 Å². The lowest BCUT2D eigenvalue weighted by Gasteiger charge is -2.09. The van der Waals surface area contributed by atoms with Gasteiger partial charge >= 0.3 is 0 Å². The molecule has 1 amide bonds. The first-order chi connectivity index (χ1) is 5.70. The molecule has 1 unspecified atom stereocenters. The minimum absolute atomic E-state index is 0.0645. The molecule has 0 saturated heterocycles. The van der Waals surface area contributed by atoms with Crippen molar-refractivity contribution in [1.29, 1.82) is 0 Å². The molecule has 0 radical (unpaired) electrons. The summed E-state index contributed by atoms with van der Waals surface area (Å²) >= 11 is 0. The molecule has 12 heavy (non-hydrogen) atoms. The maximum absolute atomic E-state index is 10.9. The van der Waals surface area contributed by atoms with Crippen LogP contribution in [0.3, 0.4) is 0 Å². The lowest BCUT2D eigenvalue weighted by atomic mass is 10.4. The van der Waals surface area contributed by atoms with Gasteiger partial charge in [0.05, 0.1) is 6.54 Å². The first kappa shape index (κ1) is 11.4. The summed E-state index contributed by atoms with van der Waals surface area (Å²) in [5.74, 6) is -0.145. The average molecular weight is 176 g/mol. The van der Waals surface area contributed by atoms with Crippen LogP contribution in [0.5, 0.6) is 0 Å². The molecule has 0 spiro atoms. The standard InChI is InChI=1S/C7H16N2O3/c1-3-4-8-6(10)5-9-7(11)12-2/h7,9,11H,3-5H2,1-2H3,(H,8,10). The highest BCUT2D eigenvalue weighted by Gasteiger charge is 2.03. The van der Waals surface area contributed by atoms with Crippen LogP contribution in [0.1, 0.15) is 13.3 Å². The molecule has 0 aromatic rings. The third-order valence-corrected chi connectivity index (χ3v) is 1.23. The fourth-order valence-corrected chi connectivity index (χ4v) is 0.590. The van der Waals surface area contributed by atoms with Crippen LogP contribution in [-0.2, 0) is 9.53 Å². The second-order valence-electron chi connectivity index (χ2n) is 2.32. The summed E-state index contributed by atoms with van der Waals surface area (Å²) in [4.78, 5) is 10.9. The zero-order chi connectivity index (χ0) is 9.40. The van der Waals surface area contributed by atoms with E-state index in [4.69, 9.17) is 5.11 Å². The maximum Gasteiger partial charge on any atom is 0.234 e. The summed E-state index contributed by atoms with van der Waals surface area (Å²) in [7, 11) is 1.35. The van der Waals surface area contributed by atoms with Crippen molar-refractivity contribution in [2.45, 2.75) is 19.8 Å². The Bertz CT molecular complexity index is 130. The molecular weight excluding hydrogens is 160 g/mol. The number of rotatable bonds is 6. The van der Waals surface area contributed by atoms with Gasteiger partial charge in [0, 0.05) is 13.7 Å². The number of hydrogen-bond acceptors (Lipinski definition) is 4. The zero-order valence-corrected chi connectivity index (χ0v) is 7.46. The van der Waals surface area contributed by atoms with Gasteiger partial charge in [-0.25, -0.2) is 0 Å². The number of nitrogens with one attached hydrogen (secondary N) is 2. The highest BCUT2D eigenvalue weighted by molar-refractivity contribution is 5.77. The number of aliphatic hydroxyl groups excluding tert-OH is 1. The molecule has 5 heteroatoms. The molecule has 0 aliphatic carbocycles. The molecule has 72 valence electrons. The van der Waals surface area contributed by atoms with E-state index in [0.717, 1.165) is 6.42 Å². The van der Waals surface area contributed by atoms with E-state index in [-0.39, 0.29) is 12.5 Å². The van der Waals surface area contributed by atoms with Gasteiger partial charge < -0.3 is 15.2 Å². The monoisotopic (exact) mass is 176 g/mol. The van der Waals surface area contributed by atoms with Crippen LogP contribution < -0.4 is 10.6 Å². The van der Waals surface area contributed by atoms with Crippen molar-refractivity contribution in [2.24, 2.45) is 0 Å². The topological polar surface area (TPSA) is 70.6 Å². The molecule has 0 rings (SSSR count). The van der Waals surface area contributed by atoms with Crippen molar-refractivity contribution in [2.75, 3.05) is 20.2 Å². The molecule has 3 N–H and O–H groups in total. The fraction of sp³-hybridized carbons (Fsp3) is 0.857. The van der Waals surface area contributed by atoms with Crippen LogP contribution in [0.2, 0.25) is 0 Å². The van der Waals surface area contributed by atoms with Crippen molar-refractivity contribution >= 4 is 5.91 Å². The summed E-state index contributed by atoms with van der Waals surface area (Å²) < 4.78 is 4.47. The SMILES string of the molecule is CCCNC(=O)CNC(O)OC. The molecular formula is C7H16N2O3. The predicted molar refractivity (Wildman–Crippen MR) is 44.3 cm³/mol. The van der Waals surface area contributed by atoms with E-state index in [1.165, 1.54) is 7.11 Å². The number of hydrogen-bond donors (Lipinski definition) is 3. The van der Waals surface area contributed by atoms with Gasteiger partial charge in [0.25, 0.3) is 0 Å². The number of ether oxygens (including phenoxy) is 1. The average Bonchev–Trinajstić information content (AvgIpc) is 2.10. The Morgan fingerprint density at radius 2 is 2.33 bits per heavy atom. The van der Waals surface area contributed by atoms with Crippen LogP contribution in [0.15, 0.2) is 0 Å². The van der Waals surface area contributed by atoms with Crippen LogP contribution in [0.25, 0.3) is 0 Å². The van der Waals surface area contributed by atoms with E-state index in [9.17, 15) is 4.79 Å². The number of carbonyl (C=O) groups is 1. The Morgan fingerprint density at radius 3 is 2.83 bits per heavy atom. The maximum atomic E-state index is 10.9. The first-order valence-corrected chi connectivity index (χ1v) is 3.91. The third-order valence-electron chi connectivity index (χ3n) is 1.23. The lowest BCUT2D eigenvalue weighted by Crippen LogP contribution is -2.40. The molecule has 0 aromatic carbocycles. The molecule has 0 fully saturated rings. The molecule has 5 nitrogen and oxygen atoms in total. The molecule has 0 saturated carbocycles. The van der Waals surface area contributed by atoms with Crippen LogP contribution >= 0.6 is 0 Å². The molecule has 1 atom stereocenters. The third kappa shape index (κ3) is 6.09. The van der Waals surface area contributed by atoms with Crippen LogP contribution in [0.4, 0.5) is 0 Å². The van der Waals surface area contributed by atoms with Crippen molar-refractivity contribution in [1.82, 2.24) is 10.6 Å². The second-order valence-corrected chi connectivity index (χ2v) is 2.32. The molecule has 0 aliphatic heterocycles. The smallest absolute Gasteiger partial charge is 0.234 e. The van der Waals surface area contributed by atoms with Gasteiger partial charge in [-0.15, -0.1) is 0 Å². The van der Waals surface area contributed by atoms with Crippen molar-refractivity contribution in [3.8, 4) is 0 Å². The van der Waals surface area contributed by atoms with Crippen LogP contribution in [0, 0.1) is 0 Å². The molecule has 0 heterocycles. The minimum atomic E-state index is -1.07. The Kier molecular flexibility index (Phi) is 6.64. The fourth-order valence-electron chi connectivity index (χ4n) is 0.590. The Hall–Kier alpha value is -0.650. The molecule has 0 aromatic heterocycles. The van der Waals surface area contributed by atoms with Gasteiger partial charge in [0.1, 0.15) is 0 Å². The summed E-state index contributed by atoms with van der Waals surface area (Å²) in [6.07, 6.45) is -0.171. The van der Waals surface area contributed by atoms with E-state index < -0.39 is 6.41 Å². The lowest BCUT2D eigenvalue weighted by molar-refractivity contribution is -0.126. The van der Waals surface area contributed by atoms with E-state index in [1.807, 2.05) is 6.92 Å².